The lowest BCUT2D eigenvalue weighted by atomic mass is 10.00. The van der Waals surface area contributed by atoms with Crippen molar-refractivity contribution in [3.63, 3.8) is 0 Å². The Morgan fingerprint density at radius 1 is 0.952 bits per heavy atom. The topological polar surface area (TPSA) is 20.3 Å². The predicted octanol–water partition coefficient (Wildman–Crippen LogP) is 4.27. The molecule has 2 heteroatoms. The van der Waals surface area contributed by atoms with Crippen molar-refractivity contribution in [3.05, 3.63) is 70.3 Å². The van der Waals surface area contributed by atoms with Crippen molar-refractivity contribution in [1.29, 1.82) is 0 Å². The monoisotopic (exact) mass is 281 g/mol. The lowest BCUT2D eigenvalue weighted by Gasteiger charge is -2.22. The zero-order valence-corrected chi connectivity index (χ0v) is 13.3. The summed E-state index contributed by atoms with van der Waals surface area (Å²) in [4.78, 5) is 14.7. The molecule has 1 amide bonds. The van der Waals surface area contributed by atoms with E-state index in [-0.39, 0.29) is 5.91 Å². The number of amides is 1. The summed E-state index contributed by atoms with van der Waals surface area (Å²) < 4.78 is 0. The minimum Gasteiger partial charge on any atom is -0.335 e. The van der Waals surface area contributed by atoms with Crippen LogP contribution in [0.15, 0.2) is 42.5 Å². The summed E-state index contributed by atoms with van der Waals surface area (Å²) in [6.07, 6.45) is 0. The van der Waals surface area contributed by atoms with Crippen molar-refractivity contribution < 1.29 is 4.79 Å². The van der Waals surface area contributed by atoms with Gasteiger partial charge in [-0.15, -0.1) is 0 Å². The molecule has 2 nitrogen and oxygen atoms in total. The lowest BCUT2D eigenvalue weighted by Crippen LogP contribution is -2.31. The van der Waals surface area contributed by atoms with E-state index in [1.165, 1.54) is 11.1 Å². The van der Waals surface area contributed by atoms with Crippen LogP contribution in [0.1, 0.15) is 39.5 Å². The maximum Gasteiger partial charge on any atom is 0.254 e. The first-order valence-corrected chi connectivity index (χ1v) is 7.44. The van der Waals surface area contributed by atoms with E-state index in [0.29, 0.717) is 13.1 Å². The third-order valence-corrected chi connectivity index (χ3v) is 3.96. The van der Waals surface area contributed by atoms with Crippen LogP contribution >= 0.6 is 0 Å². The van der Waals surface area contributed by atoms with Crippen LogP contribution in [0.4, 0.5) is 0 Å². The maximum atomic E-state index is 12.8. The first-order valence-electron chi connectivity index (χ1n) is 7.44. The molecule has 0 spiro atoms. The van der Waals surface area contributed by atoms with Gasteiger partial charge in [0.15, 0.2) is 0 Å². The molecule has 0 aliphatic carbocycles. The highest BCUT2D eigenvalue weighted by Crippen LogP contribution is 2.18. The van der Waals surface area contributed by atoms with Gasteiger partial charge < -0.3 is 4.90 Å². The third kappa shape index (κ3) is 3.52. The molecule has 0 N–H and O–H groups in total. The van der Waals surface area contributed by atoms with E-state index in [0.717, 1.165) is 16.7 Å². The molecule has 0 heterocycles. The number of benzene rings is 2. The maximum absolute atomic E-state index is 12.8. The molecule has 0 radical (unpaired) electrons. The second-order valence-corrected chi connectivity index (χ2v) is 5.56. The second kappa shape index (κ2) is 6.57. The van der Waals surface area contributed by atoms with Gasteiger partial charge in [-0.2, -0.15) is 0 Å². The normalized spacial score (nSPS) is 10.5. The Balaban J connectivity index is 2.26. The van der Waals surface area contributed by atoms with Gasteiger partial charge in [-0.25, -0.2) is 0 Å². The Kier molecular flexibility index (Phi) is 4.79. The zero-order chi connectivity index (χ0) is 15.4. The number of hydrogen-bond donors (Lipinski definition) is 0. The summed E-state index contributed by atoms with van der Waals surface area (Å²) in [6.45, 7) is 9.53. The Morgan fingerprint density at radius 2 is 1.57 bits per heavy atom. The minimum absolute atomic E-state index is 0.113. The van der Waals surface area contributed by atoms with Crippen LogP contribution in [-0.4, -0.2) is 17.4 Å². The van der Waals surface area contributed by atoms with Gasteiger partial charge in [-0.3, -0.25) is 4.79 Å². The average molecular weight is 281 g/mol. The standard InChI is InChI=1S/C19H23NO/c1-5-20(13-17-9-7-6-8-10-17)19(21)18-12-15(3)14(2)11-16(18)4/h6-12H,5,13H2,1-4H3. The molecule has 0 atom stereocenters. The van der Waals surface area contributed by atoms with Crippen LogP contribution in [0.2, 0.25) is 0 Å². The van der Waals surface area contributed by atoms with Crippen molar-refractivity contribution in [2.24, 2.45) is 0 Å². The highest BCUT2D eigenvalue weighted by atomic mass is 16.2. The Bertz CT molecular complexity index is 632. The largest absolute Gasteiger partial charge is 0.335 e. The van der Waals surface area contributed by atoms with Gasteiger partial charge >= 0.3 is 0 Å². The van der Waals surface area contributed by atoms with Gasteiger partial charge in [0.05, 0.1) is 0 Å². The van der Waals surface area contributed by atoms with E-state index in [1.807, 2.05) is 43.0 Å². The quantitative estimate of drug-likeness (QED) is 0.819. The van der Waals surface area contributed by atoms with E-state index in [4.69, 9.17) is 0 Å². The summed E-state index contributed by atoms with van der Waals surface area (Å²) in [5.74, 6) is 0.113. The highest BCUT2D eigenvalue weighted by Gasteiger charge is 2.17. The molecule has 0 aromatic heterocycles. The van der Waals surface area contributed by atoms with Crippen molar-refractivity contribution in [1.82, 2.24) is 4.90 Å². The summed E-state index contributed by atoms with van der Waals surface area (Å²) in [7, 11) is 0. The van der Waals surface area contributed by atoms with Crippen molar-refractivity contribution >= 4 is 5.91 Å². The fourth-order valence-electron chi connectivity index (χ4n) is 2.49. The molecule has 0 saturated carbocycles. The molecule has 0 unspecified atom stereocenters. The summed E-state index contributed by atoms with van der Waals surface area (Å²) >= 11 is 0. The van der Waals surface area contributed by atoms with Crippen LogP contribution in [0, 0.1) is 20.8 Å². The van der Waals surface area contributed by atoms with Gasteiger partial charge in [-0.1, -0.05) is 36.4 Å². The predicted molar refractivity (Wildman–Crippen MR) is 87.5 cm³/mol. The summed E-state index contributed by atoms with van der Waals surface area (Å²) in [5.41, 5.74) is 5.43. The summed E-state index contributed by atoms with van der Waals surface area (Å²) in [5, 5.41) is 0. The van der Waals surface area contributed by atoms with E-state index in [1.54, 1.807) is 0 Å². The van der Waals surface area contributed by atoms with Crippen LogP contribution in [0.5, 0.6) is 0 Å². The minimum atomic E-state index is 0.113. The molecule has 0 aliphatic rings. The van der Waals surface area contributed by atoms with Gasteiger partial charge in [0.2, 0.25) is 0 Å². The fraction of sp³-hybridized carbons (Fsp3) is 0.316. The molecule has 2 aromatic rings. The second-order valence-electron chi connectivity index (χ2n) is 5.56. The molecule has 2 rings (SSSR count). The number of nitrogens with zero attached hydrogens (tertiary/aromatic N) is 1. The van der Waals surface area contributed by atoms with Gasteiger partial charge in [0.1, 0.15) is 0 Å². The van der Waals surface area contributed by atoms with Gasteiger partial charge in [0.25, 0.3) is 5.91 Å². The molecule has 0 bridgehead atoms. The van der Waals surface area contributed by atoms with Crippen LogP contribution in [-0.2, 0) is 6.54 Å². The van der Waals surface area contributed by atoms with Crippen molar-refractivity contribution in [2.45, 2.75) is 34.2 Å². The molecule has 0 aliphatic heterocycles. The molecule has 110 valence electrons. The average Bonchev–Trinajstić information content (AvgIpc) is 2.49. The van der Waals surface area contributed by atoms with Crippen LogP contribution in [0.3, 0.4) is 0 Å². The van der Waals surface area contributed by atoms with E-state index in [2.05, 4.69) is 32.0 Å². The lowest BCUT2D eigenvalue weighted by molar-refractivity contribution is 0.0752. The number of carbonyl (C=O) groups excluding carboxylic acids is 1. The molecular formula is C19H23NO. The smallest absolute Gasteiger partial charge is 0.254 e. The number of rotatable bonds is 4. The highest BCUT2D eigenvalue weighted by molar-refractivity contribution is 5.96. The molecule has 0 saturated heterocycles. The van der Waals surface area contributed by atoms with Gasteiger partial charge in [-0.05, 0) is 56.0 Å². The van der Waals surface area contributed by atoms with Crippen LogP contribution in [0.25, 0.3) is 0 Å². The molecule has 2 aromatic carbocycles. The fourth-order valence-corrected chi connectivity index (χ4v) is 2.49. The first-order chi connectivity index (χ1) is 10.0. The zero-order valence-electron chi connectivity index (χ0n) is 13.3. The number of hydrogen-bond acceptors (Lipinski definition) is 1. The number of aryl methyl sites for hydroxylation is 3. The van der Waals surface area contributed by atoms with E-state index < -0.39 is 0 Å². The SMILES string of the molecule is CCN(Cc1ccccc1)C(=O)c1cc(C)c(C)cc1C. The Hall–Kier alpha value is -2.09. The van der Waals surface area contributed by atoms with E-state index in [9.17, 15) is 4.79 Å². The number of carbonyl (C=O) groups is 1. The van der Waals surface area contributed by atoms with Crippen molar-refractivity contribution in [3.8, 4) is 0 Å². The molecule has 0 fully saturated rings. The third-order valence-electron chi connectivity index (χ3n) is 3.96. The van der Waals surface area contributed by atoms with Gasteiger partial charge in [0, 0.05) is 18.7 Å². The molecular weight excluding hydrogens is 258 g/mol. The Morgan fingerprint density at radius 3 is 2.19 bits per heavy atom. The molecule has 21 heavy (non-hydrogen) atoms. The Labute approximate surface area is 127 Å². The van der Waals surface area contributed by atoms with Crippen molar-refractivity contribution in [2.75, 3.05) is 6.54 Å². The van der Waals surface area contributed by atoms with Crippen LogP contribution < -0.4 is 0 Å². The van der Waals surface area contributed by atoms with E-state index >= 15 is 0 Å². The summed E-state index contributed by atoms with van der Waals surface area (Å²) in [6, 6.07) is 14.2. The first kappa shape index (κ1) is 15.3.